The Bertz CT molecular complexity index is 477. The SMILES string of the molecule is Cc1ccc(NCc2ncccc2CN)cc1. The molecule has 1 aromatic heterocycles. The summed E-state index contributed by atoms with van der Waals surface area (Å²) < 4.78 is 0. The minimum atomic E-state index is 0.527. The van der Waals surface area contributed by atoms with E-state index in [0.29, 0.717) is 13.1 Å². The highest BCUT2D eigenvalue weighted by Gasteiger charge is 2.01. The molecule has 0 unspecified atom stereocenters. The molecule has 2 rings (SSSR count). The minimum Gasteiger partial charge on any atom is -0.379 e. The van der Waals surface area contributed by atoms with Crippen LogP contribution >= 0.6 is 0 Å². The number of hydrogen-bond acceptors (Lipinski definition) is 3. The Balaban J connectivity index is 2.04. The normalized spacial score (nSPS) is 10.2. The number of hydrogen-bond donors (Lipinski definition) is 2. The maximum Gasteiger partial charge on any atom is 0.0639 e. The van der Waals surface area contributed by atoms with Crippen LogP contribution in [0.15, 0.2) is 42.6 Å². The summed E-state index contributed by atoms with van der Waals surface area (Å²) in [4.78, 5) is 4.34. The Hall–Kier alpha value is -1.87. The lowest BCUT2D eigenvalue weighted by Gasteiger charge is -2.09. The van der Waals surface area contributed by atoms with Crippen LogP contribution in [0.2, 0.25) is 0 Å². The molecule has 0 aliphatic rings. The van der Waals surface area contributed by atoms with E-state index >= 15 is 0 Å². The zero-order chi connectivity index (χ0) is 12.1. The third-order valence-electron chi connectivity index (χ3n) is 2.72. The summed E-state index contributed by atoms with van der Waals surface area (Å²) in [6, 6.07) is 12.2. The topological polar surface area (TPSA) is 50.9 Å². The van der Waals surface area contributed by atoms with Crippen LogP contribution in [0, 0.1) is 6.92 Å². The number of anilines is 1. The maximum atomic E-state index is 5.67. The molecule has 3 heteroatoms. The van der Waals surface area contributed by atoms with Crippen molar-refractivity contribution >= 4 is 5.69 Å². The molecule has 0 radical (unpaired) electrons. The van der Waals surface area contributed by atoms with Gasteiger partial charge in [-0.15, -0.1) is 0 Å². The molecule has 1 heterocycles. The molecule has 0 saturated heterocycles. The number of aromatic nitrogens is 1. The van der Waals surface area contributed by atoms with Gasteiger partial charge in [-0.1, -0.05) is 23.8 Å². The molecule has 88 valence electrons. The van der Waals surface area contributed by atoms with E-state index in [0.717, 1.165) is 16.9 Å². The van der Waals surface area contributed by atoms with E-state index in [9.17, 15) is 0 Å². The number of pyridine rings is 1. The van der Waals surface area contributed by atoms with Gasteiger partial charge in [0.15, 0.2) is 0 Å². The first-order valence-corrected chi connectivity index (χ1v) is 5.73. The van der Waals surface area contributed by atoms with E-state index < -0.39 is 0 Å². The average molecular weight is 227 g/mol. The average Bonchev–Trinajstić information content (AvgIpc) is 2.38. The van der Waals surface area contributed by atoms with Crippen LogP contribution in [0.3, 0.4) is 0 Å². The molecule has 0 atom stereocenters. The molecule has 2 aromatic rings. The van der Waals surface area contributed by atoms with Crippen molar-refractivity contribution in [3.63, 3.8) is 0 Å². The van der Waals surface area contributed by atoms with Crippen molar-refractivity contribution in [2.45, 2.75) is 20.0 Å². The van der Waals surface area contributed by atoms with Gasteiger partial charge in [0, 0.05) is 18.4 Å². The van der Waals surface area contributed by atoms with Gasteiger partial charge in [0.25, 0.3) is 0 Å². The van der Waals surface area contributed by atoms with Crippen LogP contribution in [0.5, 0.6) is 0 Å². The van der Waals surface area contributed by atoms with Gasteiger partial charge in [-0.25, -0.2) is 0 Å². The van der Waals surface area contributed by atoms with Gasteiger partial charge in [-0.05, 0) is 30.7 Å². The Morgan fingerprint density at radius 3 is 2.65 bits per heavy atom. The first-order chi connectivity index (χ1) is 8.29. The van der Waals surface area contributed by atoms with Crippen LogP contribution in [-0.2, 0) is 13.1 Å². The van der Waals surface area contributed by atoms with Gasteiger partial charge in [0.2, 0.25) is 0 Å². The second kappa shape index (κ2) is 5.46. The summed E-state index contributed by atoms with van der Waals surface area (Å²) in [7, 11) is 0. The van der Waals surface area contributed by atoms with E-state index in [-0.39, 0.29) is 0 Å². The van der Waals surface area contributed by atoms with Crippen molar-refractivity contribution in [1.82, 2.24) is 4.98 Å². The number of aryl methyl sites for hydroxylation is 1. The molecule has 0 bridgehead atoms. The monoisotopic (exact) mass is 227 g/mol. The number of nitrogens with two attached hydrogens (primary N) is 1. The van der Waals surface area contributed by atoms with E-state index in [1.807, 2.05) is 12.1 Å². The van der Waals surface area contributed by atoms with E-state index in [4.69, 9.17) is 5.73 Å². The van der Waals surface area contributed by atoms with Crippen LogP contribution < -0.4 is 11.1 Å². The lowest BCUT2D eigenvalue weighted by Crippen LogP contribution is -2.08. The first-order valence-electron chi connectivity index (χ1n) is 5.73. The molecule has 0 aliphatic carbocycles. The largest absolute Gasteiger partial charge is 0.379 e. The number of nitrogens with one attached hydrogen (secondary N) is 1. The predicted molar refractivity (Wildman–Crippen MR) is 70.6 cm³/mol. The first kappa shape index (κ1) is 11.6. The molecule has 0 spiro atoms. The fourth-order valence-corrected chi connectivity index (χ4v) is 1.67. The zero-order valence-electron chi connectivity index (χ0n) is 9.98. The van der Waals surface area contributed by atoms with Crippen molar-refractivity contribution < 1.29 is 0 Å². The van der Waals surface area contributed by atoms with Crippen LogP contribution in [-0.4, -0.2) is 4.98 Å². The predicted octanol–water partition coefficient (Wildman–Crippen LogP) is 2.46. The van der Waals surface area contributed by atoms with E-state index in [1.54, 1.807) is 6.20 Å². The van der Waals surface area contributed by atoms with E-state index in [2.05, 4.69) is 41.5 Å². The van der Waals surface area contributed by atoms with Crippen LogP contribution in [0.1, 0.15) is 16.8 Å². The van der Waals surface area contributed by atoms with Crippen LogP contribution in [0.25, 0.3) is 0 Å². The second-order valence-corrected chi connectivity index (χ2v) is 4.03. The molecule has 0 fully saturated rings. The smallest absolute Gasteiger partial charge is 0.0639 e. The quantitative estimate of drug-likeness (QED) is 0.843. The minimum absolute atomic E-state index is 0.527. The van der Waals surface area contributed by atoms with Crippen LogP contribution in [0.4, 0.5) is 5.69 Å². The number of benzene rings is 1. The summed E-state index contributed by atoms with van der Waals surface area (Å²) in [5.74, 6) is 0. The fraction of sp³-hybridized carbons (Fsp3) is 0.214. The lowest BCUT2D eigenvalue weighted by atomic mass is 10.2. The molecule has 0 amide bonds. The van der Waals surface area contributed by atoms with Gasteiger partial charge in [0.05, 0.1) is 12.2 Å². The summed E-state index contributed by atoms with van der Waals surface area (Å²) in [5.41, 5.74) is 10.1. The maximum absolute atomic E-state index is 5.67. The van der Waals surface area contributed by atoms with Gasteiger partial charge < -0.3 is 11.1 Å². The highest BCUT2D eigenvalue weighted by atomic mass is 14.9. The molecule has 0 saturated carbocycles. The molecule has 17 heavy (non-hydrogen) atoms. The highest BCUT2D eigenvalue weighted by Crippen LogP contribution is 2.11. The Labute approximate surface area is 102 Å². The Morgan fingerprint density at radius 1 is 1.18 bits per heavy atom. The third kappa shape index (κ3) is 3.04. The van der Waals surface area contributed by atoms with E-state index in [1.165, 1.54) is 5.56 Å². The molecule has 3 N–H and O–H groups in total. The van der Waals surface area contributed by atoms with Crippen molar-refractivity contribution in [1.29, 1.82) is 0 Å². The number of nitrogens with zero attached hydrogens (tertiary/aromatic N) is 1. The number of rotatable bonds is 4. The summed E-state index contributed by atoms with van der Waals surface area (Å²) in [6.45, 7) is 3.31. The van der Waals surface area contributed by atoms with Crippen molar-refractivity contribution in [2.24, 2.45) is 5.73 Å². The van der Waals surface area contributed by atoms with Crippen molar-refractivity contribution in [3.05, 3.63) is 59.4 Å². The van der Waals surface area contributed by atoms with Crippen molar-refractivity contribution in [2.75, 3.05) is 5.32 Å². The second-order valence-electron chi connectivity index (χ2n) is 4.03. The van der Waals surface area contributed by atoms with Gasteiger partial charge in [0.1, 0.15) is 0 Å². The van der Waals surface area contributed by atoms with Gasteiger partial charge >= 0.3 is 0 Å². The van der Waals surface area contributed by atoms with Crippen molar-refractivity contribution in [3.8, 4) is 0 Å². The zero-order valence-corrected chi connectivity index (χ0v) is 9.98. The Morgan fingerprint density at radius 2 is 1.94 bits per heavy atom. The van der Waals surface area contributed by atoms with Gasteiger partial charge in [-0.2, -0.15) is 0 Å². The van der Waals surface area contributed by atoms with Gasteiger partial charge in [-0.3, -0.25) is 4.98 Å². The summed E-state index contributed by atoms with van der Waals surface area (Å²) >= 11 is 0. The standard InChI is InChI=1S/C14H17N3/c1-11-4-6-13(7-5-11)17-10-14-12(9-15)3-2-8-16-14/h2-8,17H,9-10,15H2,1H3. The molecule has 0 aliphatic heterocycles. The molecular weight excluding hydrogens is 210 g/mol. The molecule has 3 nitrogen and oxygen atoms in total. The molecular formula is C14H17N3. The lowest BCUT2D eigenvalue weighted by molar-refractivity contribution is 0.951. The Kier molecular flexibility index (Phi) is 3.73. The summed E-state index contributed by atoms with van der Waals surface area (Å²) in [5, 5.41) is 3.34. The summed E-state index contributed by atoms with van der Waals surface area (Å²) in [6.07, 6.45) is 1.80. The molecule has 1 aromatic carbocycles. The fourth-order valence-electron chi connectivity index (χ4n) is 1.67. The highest BCUT2D eigenvalue weighted by molar-refractivity contribution is 5.44. The third-order valence-corrected chi connectivity index (χ3v) is 2.72.